The molecule has 0 atom stereocenters. The first-order valence-corrected chi connectivity index (χ1v) is 11.2. The van der Waals surface area contributed by atoms with E-state index < -0.39 is 23.7 Å². The van der Waals surface area contributed by atoms with Crippen LogP contribution in [0.2, 0.25) is 0 Å². The molecule has 2 amide bonds. The van der Waals surface area contributed by atoms with E-state index in [1.54, 1.807) is 18.2 Å². The van der Waals surface area contributed by atoms with Gasteiger partial charge in [0.05, 0.1) is 21.0 Å². The molecule has 1 fully saturated rings. The van der Waals surface area contributed by atoms with E-state index in [-0.39, 0.29) is 4.91 Å². The number of amides is 2. The van der Waals surface area contributed by atoms with Crippen LogP contribution in [0, 0.1) is 6.92 Å². The average molecular weight is 555 g/mol. The summed E-state index contributed by atoms with van der Waals surface area (Å²) in [5, 5.41) is -0.507. The van der Waals surface area contributed by atoms with Crippen molar-refractivity contribution in [3.8, 4) is 5.75 Å². The van der Waals surface area contributed by atoms with Gasteiger partial charge in [0.25, 0.3) is 11.1 Å². The summed E-state index contributed by atoms with van der Waals surface area (Å²) in [5.74, 6) is -0.547. The van der Waals surface area contributed by atoms with Crippen molar-refractivity contribution in [2.24, 2.45) is 0 Å². The van der Waals surface area contributed by atoms with E-state index in [1.165, 1.54) is 7.11 Å². The van der Waals surface area contributed by atoms with Gasteiger partial charge in [-0.05, 0) is 79.9 Å². The van der Waals surface area contributed by atoms with Crippen LogP contribution in [0.1, 0.15) is 16.7 Å². The number of thioether (sulfide) groups is 1. The summed E-state index contributed by atoms with van der Waals surface area (Å²) in [6.07, 6.45) is 1.60. The Balaban J connectivity index is 1.77. The first-order chi connectivity index (χ1) is 14.3. The first kappa shape index (κ1) is 22.6. The van der Waals surface area contributed by atoms with Gasteiger partial charge in [-0.1, -0.05) is 29.8 Å². The van der Waals surface area contributed by atoms with Gasteiger partial charge in [0, 0.05) is 0 Å². The SMILES string of the molecule is COC(=O)CN1C(=O)S/C(=C\c2cc(Br)c(OCc3cccc(C)c3)c(Br)c2)C1=O. The van der Waals surface area contributed by atoms with Crippen molar-refractivity contribution >= 4 is 66.8 Å². The Labute approximate surface area is 194 Å². The van der Waals surface area contributed by atoms with Crippen molar-refractivity contribution < 1.29 is 23.9 Å². The van der Waals surface area contributed by atoms with Gasteiger partial charge in [0.2, 0.25) is 0 Å². The molecule has 0 N–H and O–H groups in total. The second-order valence-electron chi connectivity index (χ2n) is 6.44. The van der Waals surface area contributed by atoms with Gasteiger partial charge in [-0.15, -0.1) is 0 Å². The smallest absolute Gasteiger partial charge is 0.325 e. The molecule has 0 saturated carbocycles. The summed E-state index contributed by atoms with van der Waals surface area (Å²) < 4.78 is 11.9. The van der Waals surface area contributed by atoms with Gasteiger partial charge >= 0.3 is 5.97 Å². The molecule has 1 aliphatic heterocycles. The number of methoxy groups -OCH3 is 1. The quantitative estimate of drug-likeness (QED) is 0.356. The average Bonchev–Trinajstić information content (AvgIpc) is 2.94. The van der Waals surface area contributed by atoms with Gasteiger partial charge in [0.15, 0.2) is 0 Å². The van der Waals surface area contributed by atoms with Gasteiger partial charge in [-0.25, -0.2) is 0 Å². The Morgan fingerprint density at radius 3 is 2.50 bits per heavy atom. The zero-order chi connectivity index (χ0) is 21.8. The number of imide groups is 1. The van der Waals surface area contributed by atoms with Crippen LogP contribution in [0.25, 0.3) is 6.08 Å². The lowest BCUT2D eigenvalue weighted by molar-refractivity contribution is -0.143. The second-order valence-corrected chi connectivity index (χ2v) is 9.14. The van der Waals surface area contributed by atoms with E-state index in [2.05, 4.69) is 42.7 Å². The molecule has 30 heavy (non-hydrogen) atoms. The summed E-state index contributed by atoms with van der Waals surface area (Å²) >= 11 is 7.79. The summed E-state index contributed by atoms with van der Waals surface area (Å²) in [6, 6.07) is 11.6. The number of halogens is 2. The van der Waals surface area contributed by atoms with Crippen molar-refractivity contribution in [3.05, 3.63) is 66.9 Å². The molecule has 1 saturated heterocycles. The molecule has 0 spiro atoms. The fourth-order valence-corrected chi connectivity index (χ4v) is 5.03. The van der Waals surface area contributed by atoms with Crippen molar-refractivity contribution in [1.82, 2.24) is 4.90 Å². The van der Waals surface area contributed by atoms with Crippen LogP contribution in [0.4, 0.5) is 4.79 Å². The zero-order valence-electron chi connectivity index (χ0n) is 16.1. The van der Waals surface area contributed by atoms with Crippen molar-refractivity contribution in [1.29, 1.82) is 0 Å². The molecule has 156 valence electrons. The van der Waals surface area contributed by atoms with Crippen molar-refractivity contribution in [2.75, 3.05) is 13.7 Å². The second kappa shape index (κ2) is 9.80. The highest BCUT2D eigenvalue weighted by atomic mass is 79.9. The number of esters is 1. The molecule has 3 rings (SSSR count). The maximum atomic E-state index is 12.5. The van der Waals surface area contributed by atoms with Crippen LogP contribution >= 0.6 is 43.6 Å². The van der Waals surface area contributed by atoms with E-state index in [4.69, 9.17) is 4.74 Å². The maximum Gasteiger partial charge on any atom is 0.325 e. The number of carbonyl (C=O) groups is 3. The van der Waals surface area contributed by atoms with E-state index in [0.717, 1.165) is 27.8 Å². The Hall–Kier alpha value is -2.10. The van der Waals surface area contributed by atoms with Gasteiger partial charge < -0.3 is 9.47 Å². The lowest BCUT2D eigenvalue weighted by atomic mass is 10.1. The summed E-state index contributed by atoms with van der Waals surface area (Å²) in [6.45, 7) is 2.03. The standard InChI is InChI=1S/C21H17Br2NO5S/c1-12-4-3-5-13(6-12)11-29-19-15(22)7-14(8-16(19)23)9-17-20(26)24(21(27)30-17)10-18(25)28-2/h3-9H,10-11H2,1-2H3/b17-9-. The van der Waals surface area contributed by atoms with Crippen LogP contribution in [-0.2, 0) is 20.9 Å². The number of rotatable bonds is 6. The molecule has 0 bridgehead atoms. The predicted octanol–water partition coefficient (Wildman–Crippen LogP) is 5.31. The molecule has 1 heterocycles. The monoisotopic (exact) mass is 553 g/mol. The number of aryl methyl sites for hydroxylation is 1. The summed E-state index contributed by atoms with van der Waals surface area (Å²) in [7, 11) is 1.20. The molecular formula is C21H17Br2NO5S. The van der Waals surface area contributed by atoms with Crippen molar-refractivity contribution in [3.63, 3.8) is 0 Å². The molecule has 1 aliphatic rings. The number of carbonyl (C=O) groups excluding carboxylic acids is 3. The van der Waals surface area contributed by atoms with Gasteiger partial charge in [-0.2, -0.15) is 0 Å². The number of nitrogens with zero attached hydrogens (tertiary/aromatic N) is 1. The zero-order valence-corrected chi connectivity index (χ0v) is 20.1. The third-order valence-corrected chi connectivity index (χ3v) is 6.26. The fourth-order valence-electron chi connectivity index (χ4n) is 2.74. The molecule has 9 heteroatoms. The normalized spacial score (nSPS) is 15.1. The third-order valence-electron chi connectivity index (χ3n) is 4.17. The Bertz CT molecular complexity index is 1030. The largest absolute Gasteiger partial charge is 0.487 e. The Morgan fingerprint density at radius 1 is 1.17 bits per heavy atom. The van der Waals surface area contributed by atoms with E-state index in [0.29, 0.717) is 26.9 Å². The maximum absolute atomic E-state index is 12.5. The fraction of sp³-hybridized carbons (Fsp3) is 0.190. The van der Waals surface area contributed by atoms with E-state index in [1.807, 2.05) is 25.1 Å². The van der Waals surface area contributed by atoms with Gasteiger partial charge in [-0.3, -0.25) is 19.3 Å². The summed E-state index contributed by atoms with van der Waals surface area (Å²) in [4.78, 5) is 37.0. The first-order valence-electron chi connectivity index (χ1n) is 8.78. The molecule has 0 radical (unpaired) electrons. The minimum atomic E-state index is -0.654. The van der Waals surface area contributed by atoms with E-state index in [9.17, 15) is 14.4 Å². The number of hydrogen-bond donors (Lipinski definition) is 0. The Morgan fingerprint density at radius 2 is 1.87 bits per heavy atom. The number of benzene rings is 2. The molecular weight excluding hydrogens is 538 g/mol. The van der Waals surface area contributed by atoms with E-state index >= 15 is 0 Å². The van der Waals surface area contributed by atoms with Crippen molar-refractivity contribution in [2.45, 2.75) is 13.5 Å². The van der Waals surface area contributed by atoms with Crippen LogP contribution < -0.4 is 4.74 Å². The minimum absolute atomic E-state index is 0.233. The highest BCUT2D eigenvalue weighted by molar-refractivity contribution is 9.11. The highest BCUT2D eigenvalue weighted by Gasteiger charge is 2.36. The Kier molecular flexibility index (Phi) is 7.38. The molecule has 6 nitrogen and oxygen atoms in total. The molecule has 2 aromatic carbocycles. The van der Waals surface area contributed by atoms with Crippen LogP contribution in [0.3, 0.4) is 0 Å². The third kappa shape index (κ3) is 5.33. The number of hydrogen-bond acceptors (Lipinski definition) is 6. The van der Waals surface area contributed by atoms with Gasteiger partial charge in [0.1, 0.15) is 18.9 Å². The molecule has 0 aliphatic carbocycles. The van der Waals surface area contributed by atoms with Crippen LogP contribution in [0.15, 0.2) is 50.2 Å². The van der Waals surface area contributed by atoms with Crippen LogP contribution in [-0.4, -0.2) is 35.7 Å². The summed E-state index contributed by atoms with van der Waals surface area (Å²) in [5.41, 5.74) is 2.91. The van der Waals surface area contributed by atoms with Crippen LogP contribution in [0.5, 0.6) is 5.75 Å². The molecule has 0 unspecified atom stereocenters. The highest BCUT2D eigenvalue weighted by Crippen LogP contribution is 2.38. The minimum Gasteiger partial charge on any atom is -0.487 e. The lowest BCUT2D eigenvalue weighted by Gasteiger charge is -2.12. The molecule has 0 aromatic heterocycles. The molecule has 2 aromatic rings. The lowest BCUT2D eigenvalue weighted by Crippen LogP contribution is -2.34. The number of ether oxygens (including phenoxy) is 2. The topological polar surface area (TPSA) is 72.9 Å². The predicted molar refractivity (Wildman–Crippen MR) is 122 cm³/mol.